The summed E-state index contributed by atoms with van der Waals surface area (Å²) >= 11 is 0. The number of amides is 1. The lowest BCUT2D eigenvalue weighted by atomic mass is 9.82. The minimum absolute atomic E-state index is 0. The van der Waals surface area contributed by atoms with Gasteiger partial charge >= 0.3 is 0 Å². The molecule has 0 radical (unpaired) electrons. The van der Waals surface area contributed by atoms with Gasteiger partial charge < -0.3 is 11.1 Å². The Morgan fingerprint density at radius 3 is 2.52 bits per heavy atom. The maximum absolute atomic E-state index is 12.4. The third kappa shape index (κ3) is 4.33. The number of nitrogens with one attached hydrogen (secondary N) is 1. The second-order valence-corrected chi connectivity index (χ2v) is 6.07. The van der Waals surface area contributed by atoms with Crippen molar-refractivity contribution in [2.24, 2.45) is 5.73 Å². The molecule has 0 spiro atoms. The highest BCUT2D eigenvalue weighted by Crippen LogP contribution is 2.27. The summed E-state index contributed by atoms with van der Waals surface area (Å²) in [6, 6.07) is 9.74. The molecule has 1 amide bonds. The zero-order chi connectivity index (χ0) is 15.4. The van der Waals surface area contributed by atoms with Crippen LogP contribution in [0.4, 0.5) is 5.69 Å². The topological polar surface area (TPSA) is 72.9 Å². The fourth-order valence-corrected chi connectivity index (χ4v) is 2.94. The van der Waals surface area contributed by atoms with Gasteiger partial charge in [0.1, 0.15) is 0 Å². The summed E-state index contributed by atoms with van der Waals surface area (Å²) < 4.78 is 1.87. The Morgan fingerprint density at radius 2 is 1.91 bits per heavy atom. The minimum atomic E-state index is -0.702. The van der Waals surface area contributed by atoms with E-state index in [0.29, 0.717) is 0 Å². The molecule has 0 atom stereocenters. The summed E-state index contributed by atoms with van der Waals surface area (Å²) in [6.07, 6.45) is 8.48. The van der Waals surface area contributed by atoms with Crippen molar-refractivity contribution in [2.45, 2.75) is 44.2 Å². The molecule has 6 heteroatoms. The summed E-state index contributed by atoms with van der Waals surface area (Å²) in [4.78, 5) is 12.4. The van der Waals surface area contributed by atoms with E-state index in [1.807, 2.05) is 41.2 Å². The van der Waals surface area contributed by atoms with Crippen molar-refractivity contribution in [3.63, 3.8) is 0 Å². The van der Waals surface area contributed by atoms with Crippen molar-refractivity contribution < 1.29 is 4.79 Å². The van der Waals surface area contributed by atoms with E-state index in [0.717, 1.165) is 43.5 Å². The highest BCUT2D eigenvalue weighted by molar-refractivity contribution is 5.98. The van der Waals surface area contributed by atoms with Crippen LogP contribution in [-0.2, 0) is 11.3 Å². The van der Waals surface area contributed by atoms with Gasteiger partial charge in [-0.3, -0.25) is 9.48 Å². The van der Waals surface area contributed by atoms with Gasteiger partial charge in [-0.15, -0.1) is 12.4 Å². The highest BCUT2D eigenvalue weighted by Gasteiger charge is 2.35. The zero-order valence-electron chi connectivity index (χ0n) is 13.1. The molecule has 1 aliphatic rings. The van der Waals surface area contributed by atoms with Crippen molar-refractivity contribution in [3.8, 4) is 0 Å². The molecule has 23 heavy (non-hydrogen) atoms. The van der Waals surface area contributed by atoms with E-state index >= 15 is 0 Å². The van der Waals surface area contributed by atoms with E-state index < -0.39 is 5.54 Å². The average molecular weight is 335 g/mol. The monoisotopic (exact) mass is 334 g/mol. The predicted octanol–water partition coefficient (Wildman–Crippen LogP) is 2.95. The Kier molecular flexibility index (Phi) is 5.80. The fourth-order valence-electron chi connectivity index (χ4n) is 2.94. The Hall–Kier alpha value is -1.85. The third-order valence-corrected chi connectivity index (χ3v) is 4.31. The molecular weight excluding hydrogens is 312 g/mol. The lowest BCUT2D eigenvalue weighted by Crippen LogP contribution is -2.52. The van der Waals surface area contributed by atoms with Crippen LogP contribution < -0.4 is 11.1 Å². The first-order valence-electron chi connectivity index (χ1n) is 7.82. The van der Waals surface area contributed by atoms with Crippen molar-refractivity contribution in [2.75, 3.05) is 5.32 Å². The number of nitrogens with two attached hydrogens (primary N) is 1. The maximum Gasteiger partial charge on any atom is 0.244 e. The van der Waals surface area contributed by atoms with Crippen LogP contribution in [0.5, 0.6) is 0 Å². The number of carbonyl (C=O) groups is 1. The van der Waals surface area contributed by atoms with Gasteiger partial charge in [-0.1, -0.05) is 31.4 Å². The molecule has 1 fully saturated rings. The number of hydrogen-bond acceptors (Lipinski definition) is 3. The summed E-state index contributed by atoms with van der Waals surface area (Å²) in [5.41, 5.74) is 7.48. The fraction of sp³-hybridized carbons (Fsp3) is 0.412. The lowest BCUT2D eigenvalue weighted by Gasteiger charge is -2.31. The van der Waals surface area contributed by atoms with Crippen LogP contribution in [0.25, 0.3) is 0 Å². The summed E-state index contributed by atoms with van der Waals surface area (Å²) in [5, 5.41) is 7.13. The van der Waals surface area contributed by atoms with E-state index in [2.05, 4.69) is 10.4 Å². The number of carbonyl (C=O) groups excluding carboxylic acids is 1. The smallest absolute Gasteiger partial charge is 0.244 e. The number of aromatic nitrogens is 2. The number of benzene rings is 1. The van der Waals surface area contributed by atoms with E-state index in [9.17, 15) is 4.79 Å². The summed E-state index contributed by atoms with van der Waals surface area (Å²) in [6.45, 7) is 0.724. The number of anilines is 1. The van der Waals surface area contributed by atoms with Crippen LogP contribution in [0.15, 0.2) is 42.7 Å². The van der Waals surface area contributed by atoms with E-state index in [4.69, 9.17) is 5.73 Å². The Labute approximate surface area is 142 Å². The molecule has 0 saturated heterocycles. The van der Waals surface area contributed by atoms with Gasteiger partial charge in [0.2, 0.25) is 5.91 Å². The standard InChI is InChI=1S/C17H22N4O.ClH/c18-17(9-2-1-3-10-17)16(22)20-15-7-5-14(6-8-15)13-21-12-4-11-19-21;/h4-8,11-12H,1-3,9-10,13,18H2,(H,20,22);1H. The number of rotatable bonds is 4. The van der Waals surface area contributed by atoms with Gasteiger partial charge in [0.25, 0.3) is 0 Å². The molecular formula is C17H23ClN4O. The van der Waals surface area contributed by atoms with Gasteiger partial charge in [0.05, 0.1) is 12.1 Å². The molecule has 1 aliphatic carbocycles. The molecule has 0 bridgehead atoms. The number of hydrogen-bond donors (Lipinski definition) is 2. The van der Waals surface area contributed by atoms with E-state index in [1.54, 1.807) is 6.20 Å². The Bertz CT molecular complexity index is 619. The molecule has 124 valence electrons. The van der Waals surface area contributed by atoms with Gasteiger partial charge in [-0.25, -0.2) is 0 Å². The molecule has 1 aromatic heterocycles. The van der Waals surface area contributed by atoms with Crippen LogP contribution in [-0.4, -0.2) is 21.2 Å². The van der Waals surface area contributed by atoms with Crippen molar-refractivity contribution >= 4 is 24.0 Å². The van der Waals surface area contributed by atoms with Crippen molar-refractivity contribution in [1.29, 1.82) is 0 Å². The van der Waals surface area contributed by atoms with E-state index in [-0.39, 0.29) is 18.3 Å². The molecule has 2 aromatic rings. The lowest BCUT2D eigenvalue weighted by molar-refractivity contribution is -0.122. The number of halogens is 1. The van der Waals surface area contributed by atoms with Crippen LogP contribution in [0.2, 0.25) is 0 Å². The first-order chi connectivity index (χ1) is 10.7. The molecule has 1 saturated carbocycles. The molecule has 1 aromatic carbocycles. The second kappa shape index (κ2) is 7.62. The highest BCUT2D eigenvalue weighted by atomic mass is 35.5. The van der Waals surface area contributed by atoms with Gasteiger partial charge in [0.15, 0.2) is 0 Å². The Balaban J connectivity index is 0.00000192. The van der Waals surface area contributed by atoms with Crippen LogP contribution in [0.1, 0.15) is 37.7 Å². The van der Waals surface area contributed by atoms with Gasteiger partial charge in [0, 0.05) is 18.1 Å². The molecule has 3 rings (SSSR count). The SMILES string of the molecule is Cl.NC1(C(=O)Nc2ccc(Cn3cccn3)cc2)CCCCC1. The van der Waals surface area contributed by atoms with Gasteiger partial charge in [-0.05, 0) is 36.6 Å². The summed E-state index contributed by atoms with van der Waals surface area (Å²) in [5.74, 6) is -0.0629. The third-order valence-electron chi connectivity index (χ3n) is 4.31. The van der Waals surface area contributed by atoms with Gasteiger partial charge in [-0.2, -0.15) is 5.10 Å². The van der Waals surface area contributed by atoms with Crippen LogP contribution in [0.3, 0.4) is 0 Å². The van der Waals surface area contributed by atoms with Crippen molar-refractivity contribution in [1.82, 2.24) is 9.78 Å². The second-order valence-electron chi connectivity index (χ2n) is 6.07. The summed E-state index contributed by atoms with van der Waals surface area (Å²) in [7, 11) is 0. The van der Waals surface area contributed by atoms with E-state index in [1.165, 1.54) is 6.42 Å². The van der Waals surface area contributed by atoms with Crippen molar-refractivity contribution in [3.05, 3.63) is 48.3 Å². The average Bonchev–Trinajstić information content (AvgIpc) is 3.03. The molecule has 3 N–H and O–H groups in total. The normalized spacial score (nSPS) is 16.4. The molecule has 0 unspecified atom stereocenters. The largest absolute Gasteiger partial charge is 0.324 e. The minimum Gasteiger partial charge on any atom is -0.324 e. The molecule has 0 aliphatic heterocycles. The first-order valence-corrected chi connectivity index (χ1v) is 7.82. The Morgan fingerprint density at radius 1 is 1.22 bits per heavy atom. The molecule has 1 heterocycles. The molecule has 5 nitrogen and oxygen atoms in total. The van der Waals surface area contributed by atoms with Crippen LogP contribution in [0, 0.1) is 0 Å². The quantitative estimate of drug-likeness (QED) is 0.902. The van der Waals surface area contributed by atoms with Crippen LogP contribution >= 0.6 is 12.4 Å². The zero-order valence-corrected chi connectivity index (χ0v) is 13.9. The predicted molar refractivity (Wildman–Crippen MR) is 93.7 cm³/mol. The number of nitrogens with zero attached hydrogens (tertiary/aromatic N) is 2. The first kappa shape index (κ1) is 17.5. The maximum atomic E-state index is 12.4.